The molecule has 0 saturated carbocycles. The van der Waals surface area contributed by atoms with Gasteiger partial charge in [0, 0.05) is 25.3 Å². The van der Waals surface area contributed by atoms with Gasteiger partial charge in [0.25, 0.3) is 0 Å². The van der Waals surface area contributed by atoms with Gasteiger partial charge in [0.1, 0.15) is 12.9 Å². The molecule has 27 heavy (non-hydrogen) atoms. The summed E-state index contributed by atoms with van der Waals surface area (Å²) in [4.78, 5) is 48.0. The van der Waals surface area contributed by atoms with Crippen LogP contribution in [0.2, 0.25) is 0 Å². The number of hydrogen-bond donors (Lipinski definition) is 0. The van der Waals surface area contributed by atoms with Gasteiger partial charge in [-0.15, -0.1) is 0 Å². The molecule has 2 rings (SSSR count). The number of rotatable bonds is 7. The SMILES string of the molecule is COC(=O)[C@@H]1CCN(C(=O)OCc2ccccc2)N1C(=O)[C@@H](C)CCC=O. The zero-order valence-electron chi connectivity index (χ0n) is 15.5. The highest BCUT2D eigenvalue weighted by Gasteiger charge is 2.44. The van der Waals surface area contributed by atoms with Crippen molar-refractivity contribution in [3.8, 4) is 0 Å². The minimum atomic E-state index is -0.884. The molecule has 1 aliphatic rings. The van der Waals surface area contributed by atoms with Crippen LogP contribution in [0.5, 0.6) is 0 Å². The predicted octanol–water partition coefficient (Wildman–Crippen LogP) is 1.93. The van der Waals surface area contributed by atoms with Crippen LogP contribution in [0.25, 0.3) is 0 Å². The van der Waals surface area contributed by atoms with Gasteiger partial charge < -0.3 is 14.3 Å². The number of amides is 2. The van der Waals surface area contributed by atoms with Gasteiger partial charge in [-0.05, 0) is 12.0 Å². The maximum Gasteiger partial charge on any atom is 0.429 e. The first-order valence-electron chi connectivity index (χ1n) is 8.82. The lowest BCUT2D eigenvalue weighted by atomic mass is 10.0. The molecule has 1 heterocycles. The van der Waals surface area contributed by atoms with E-state index in [0.29, 0.717) is 6.42 Å². The molecule has 1 fully saturated rings. The Morgan fingerprint density at radius 3 is 2.59 bits per heavy atom. The molecule has 1 aromatic carbocycles. The summed E-state index contributed by atoms with van der Waals surface area (Å²) in [6, 6.07) is 8.27. The van der Waals surface area contributed by atoms with Crippen LogP contribution in [0.4, 0.5) is 4.79 Å². The second-order valence-corrected chi connectivity index (χ2v) is 6.32. The van der Waals surface area contributed by atoms with Crippen molar-refractivity contribution in [3.05, 3.63) is 35.9 Å². The minimum Gasteiger partial charge on any atom is -0.467 e. The highest BCUT2D eigenvalue weighted by atomic mass is 16.6. The second kappa shape index (κ2) is 9.70. The Kier molecular flexibility index (Phi) is 7.34. The van der Waals surface area contributed by atoms with Gasteiger partial charge in [0.2, 0.25) is 5.91 Å². The fourth-order valence-corrected chi connectivity index (χ4v) is 2.91. The van der Waals surface area contributed by atoms with Crippen LogP contribution >= 0.6 is 0 Å². The molecule has 1 aliphatic heterocycles. The third-order valence-electron chi connectivity index (χ3n) is 4.42. The van der Waals surface area contributed by atoms with E-state index in [1.54, 1.807) is 6.92 Å². The van der Waals surface area contributed by atoms with E-state index < -0.39 is 29.9 Å². The van der Waals surface area contributed by atoms with Crippen LogP contribution < -0.4 is 0 Å². The highest BCUT2D eigenvalue weighted by molar-refractivity contribution is 5.88. The van der Waals surface area contributed by atoms with Gasteiger partial charge in [0.15, 0.2) is 6.04 Å². The molecule has 0 unspecified atom stereocenters. The van der Waals surface area contributed by atoms with Crippen LogP contribution in [-0.4, -0.2) is 54.0 Å². The number of aldehydes is 1. The molecule has 0 radical (unpaired) electrons. The monoisotopic (exact) mass is 376 g/mol. The molecule has 8 nitrogen and oxygen atoms in total. The Balaban J connectivity index is 2.11. The Morgan fingerprint density at radius 1 is 1.26 bits per heavy atom. The van der Waals surface area contributed by atoms with Crippen molar-refractivity contribution in [2.24, 2.45) is 5.92 Å². The quantitative estimate of drug-likeness (QED) is 0.533. The number of hydrazine groups is 1. The Morgan fingerprint density at radius 2 is 1.96 bits per heavy atom. The number of carbonyl (C=O) groups excluding carboxylic acids is 4. The fraction of sp³-hybridized carbons (Fsp3) is 0.474. The standard InChI is InChI=1S/C19H24N2O6/c1-14(7-6-12-22)17(23)21-16(18(24)26-2)10-11-20(21)19(25)27-13-15-8-4-3-5-9-15/h3-5,8-9,12,14,16H,6-7,10-11,13H2,1-2H3/t14-,16-/m0/s1. The summed E-state index contributed by atoms with van der Waals surface area (Å²) in [6.07, 6.45) is 0.847. The zero-order chi connectivity index (χ0) is 19.8. The van der Waals surface area contributed by atoms with Crippen molar-refractivity contribution in [2.75, 3.05) is 13.7 Å². The summed E-state index contributed by atoms with van der Waals surface area (Å²) in [5.41, 5.74) is 0.812. The van der Waals surface area contributed by atoms with E-state index in [2.05, 4.69) is 0 Å². The van der Waals surface area contributed by atoms with Crippen LogP contribution in [0.1, 0.15) is 31.7 Å². The van der Waals surface area contributed by atoms with E-state index in [-0.39, 0.29) is 26.0 Å². The molecular weight excluding hydrogens is 352 g/mol. The molecule has 0 bridgehead atoms. The lowest BCUT2D eigenvalue weighted by Gasteiger charge is -2.32. The van der Waals surface area contributed by atoms with E-state index in [1.807, 2.05) is 30.3 Å². The van der Waals surface area contributed by atoms with Gasteiger partial charge in [-0.3, -0.25) is 4.79 Å². The summed E-state index contributed by atoms with van der Waals surface area (Å²) >= 11 is 0. The normalized spacial score (nSPS) is 17.3. The van der Waals surface area contributed by atoms with Crippen molar-refractivity contribution >= 4 is 24.3 Å². The largest absolute Gasteiger partial charge is 0.467 e. The smallest absolute Gasteiger partial charge is 0.429 e. The molecule has 2 amide bonds. The fourth-order valence-electron chi connectivity index (χ4n) is 2.91. The zero-order valence-corrected chi connectivity index (χ0v) is 15.5. The van der Waals surface area contributed by atoms with Crippen LogP contribution in [0, 0.1) is 5.92 Å². The molecule has 1 aromatic rings. The first-order chi connectivity index (χ1) is 13.0. The van der Waals surface area contributed by atoms with E-state index in [4.69, 9.17) is 9.47 Å². The third-order valence-corrected chi connectivity index (χ3v) is 4.42. The van der Waals surface area contributed by atoms with Crippen LogP contribution in [0.15, 0.2) is 30.3 Å². The van der Waals surface area contributed by atoms with E-state index in [9.17, 15) is 19.2 Å². The first-order valence-corrected chi connectivity index (χ1v) is 8.82. The van der Waals surface area contributed by atoms with Crippen molar-refractivity contribution < 1.29 is 28.7 Å². The molecule has 0 spiro atoms. The van der Waals surface area contributed by atoms with Gasteiger partial charge in [-0.25, -0.2) is 19.6 Å². The number of hydrogen-bond acceptors (Lipinski definition) is 6. The van der Waals surface area contributed by atoms with Gasteiger partial charge in [0.05, 0.1) is 7.11 Å². The van der Waals surface area contributed by atoms with E-state index in [0.717, 1.165) is 21.9 Å². The summed E-state index contributed by atoms with van der Waals surface area (Å²) < 4.78 is 10.1. The molecule has 0 aromatic heterocycles. The lowest BCUT2D eigenvalue weighted by molar-refractivity contribution is -0.162. The lowest BCUT2D eigenvalue weighted by Crippen LogP contribution is -2.52. The third kappa shape index (κ3) is 5.06. The molecule has 146 valence electrons. The maximum atomic E-state index is 12.8. The molecular formula is C19H24N2O6. The Labute approximate surface area is 158 Å². The predicted molar refractivity (Wildman–Crippen MR) is 95.1 cm³/mol. The number of benzene rings is 1. The second-order valence-electron chi connectivity index (χ2n) is 6.32. The minimum absolute atomic E-state index is 0.0573. The topological polar surface area (TPSA) is 93.2 Å². The molecule has 1 saturated heterocycles. The number of nitrogens with zero attached hydrogens (tertiary/aromatic N) is 2. The Bertz CT molecular complexity index is 678. The first kappa shape index (κ1) is 20.4. The van der Waals surface area contributed by atoms with Crippen LogP contribution in [-0.2, 0) is 30.5 Å². The molecule has 2 atom stereocenters. The summed E-state index contributed by atoms with van der Waals surface area (Å²) in [5.74, 6) is -1.53. The van der Waals surface area contributed by atoms with Crippen molar-refractivity contribution in [1.29, 1.82) is 0 Å². The summed E-state index contributed by atoms with van der Waals surface area (Å²) in [6.45, 7) is 1.88. The molecule has 8 heteroatoms. The average Bonchev–Trinajstić information content (AvgIpc) is 3.14. The van der Waals surface area contributed by atoms with Gasteiger partial charge in [-0.2, -0.15) is 0 Å². The van der Waals surface area contributed by atoms with Crippen molar-refractivity contribution in [2.45, 2.75) is 38.8 Å². The summed E-state index contributed by atoms with van der Waals surface area (Å²) in [5, 5.41) is 2.26. The number of ether oxygens (including phenoxy) is 2. The van der Waals surface area contributed by atoms with Gasteiger partial charge in [-0.1, -0.05) is 37.3 Å². The average molecular weight is 376 g/mol. The molecule has 0 N–H and O–H groups in total. The number of esters is 1. The van der Waals surface area contributed by atoms with Crippen molar-refractivity contribution in [1.82, 2.24) is 10.0 Å². The van der Waals surface area contributed by atoms with Crippen molar-refractivity contribution in [3.63, 3.8) is 0 Å². The number of carbonyl (C=O) groups is 4. The highest BCUT2D eigenvalue weighted by Crippen LogP contribution is 2.24. The van der Waals surface area contributed by atoms with Crippen LogP contribution in [0.3, 0.4) is 0 Å². The van der Waals surface area contributed by atoms with Gasteiger partial charge >= 0.3 is 12.1 Å². The number of methoxy groups -OCH3 is 1. The summed E-state index contributed by atoms with van der Waals surface area (Å²) in [7, 11) is 1.23. The maximum absolute atomic E-state index is 12.8. The Hall–Kier alpha value is -2.90. The van der Waals surface area contributed by atoms with E-state index >= 15 is 0 Å². The molecule has 0 aliphatic carbocycles. The van der Waals surface area contributed by atoms with E-state index in [1.165, 1.54) is 7.11 Å².